The molecule has 0 saturated carbocycles. The van der Waals surface area contributed by atoms with E-state index in [-0.39, 0.29) is 5.97 Å². The van der Waals surface area contributed by atoms with Gasteiger partial charge in [0.05, 0.1) is 6.61 Å². The third-order valence-electron chi connectivity index (χ3n) is 4.70. The number of benzene rings is 1. The predicted molar refractivity (Wildman–Crippen MR) is 107 cm³/mol. The van der Waals surface area contributed by atoms with E-state index in [0.29, 0.717) is 13.0 Å². The summed E-state index contributed by atoms with van der Waals surface area (Å²) >= 11 is 0. The van der Waals surface area contributed by atoms with Gasteiger partial charge in [-0.2, -0.15) is 0 Å². The van der Waals surface area contributed by atoms with E-state index >= 15 is 0 Å². The SMILES string of the molecule is CCCCCCCCCCCCOC(=O)CCCCc1ccccc1. The molecule has 0 radical (unpaired) electrons. The van der Waals surface area contributed by atoms with Crippen LogP contribution in [0.1, 0.15) is 96.0 Å². The summed E-state index contributed by atoms with van der Waals surface area (Å²) in [5.74, 6) is -0.0241. The van der Waals surface area contributed by atoms with Gasteiger partial charge in [0.25, 0.3) is 0 Å². The van der Waals surface area contributed by atoms with Crippen molar-refractivity contribution in [2.24, 2.45) is 0 Å². The maximum Gasteiger partial charge on any atom is 0.305 e. The third-order valence-corrected chi connectivity index (χ3v) is 4.70. The van der Waals surface area contributed by atoms with Crippen LogP contribution in [0.2, 0.25) is 0 Å². The minimum atomic E-state index is -0.0241. The molecule has 0 aliphatic heterocycles. The summed E-state index contributed by atoms with van der Waals surface area (Å²) in [5.41, 5.74) is 1.35. The Labute approximate surface area is 155 Å². The molecule has 2 nitrogen and oxygen atoms in total. The molecular weight excluding hydrogens is 308 g/mol. The zero-order valence-corrected chi connectivity index (χ0v) is 16.3. The molecule has 0 atom stereocenters. The quantitative estimate of drug-likeness (QED) is 0.241. The molecule has 0 fully saturated rings. The first-order chi connectivity index (χ1) is 12.3. The van der Waals surface area contributed by atoms with Gasteiger partial charge >= 0.3 is 5.97 Å². The van der Waals surface area contributed by atoms with E-state index in [1.165, 1.54) is 63.4 Å². The van der Waals surface area contributed by atoms with Gasteiger partial charge < -0.3 is 4.74 Å². The van der Waals surface area contributed by atoms with Crippen molar-refractivity contribution in [3.63, 3.8) is 0 Å². The molecule has 0 aromatic heterocycles. The number of unbranched alkanes of at least 4 members (excludes halogenated alkanes) is 10. The topological polar surface area (TPSA) is 26.3 Å². The predicted octanol–water partition coefficient (Wildman–Crippen LogP) is 6.86. The molecule has 0 saturated heterocycles. The van der Waals surface area contributed by atoms with Gasteiger partial charge in [0.15, 0.2) is 0 Å². The van der Waals surface area contributed by atoms with E-state index < -0.39 is 0 Å². The highest BCUT2D eigenvalue weighted by Gasteiger charge is 2.02. The maximum atomic E-state index is 11.7. The van der Waals surface area contributed by atoms with Gasteiger partial charge in [-0.15, -0.1) is 0 Å². The van der Waals surface area contributed by atoms with Crippen molar-refractivity contribution in [2.75, 3.05) is 6.61 Å². The minimum Gasteiger partial charge on any atom is -0.466 e. The molecule has 1 aromatic carbocycles. The second kappa shape index (κ2) is 16.2. The highest BCUT2D eigenvalue weighted by Crippen LogP contribution is 2.11. The fourth-order valence-electron chi connectivity index (χ4n) is 3.09. The van der Waals surface area contributed by atoms with Crippen LogP contribution in [0, 0.1) is 0 Å². The Balaban J connectivity index is 1.81. The van der Waals surface area contributed by atoms with Crippen molar-refractivity contribution < 1.29 is 9.53 Å². The normalized spacial score (nSPS) is 10.8. The fraction of sp³-hybridized carbons (Fsp3) is 0.696. The second-order valence-corrected chi connectivity index (χ2v) is 7.10. The van der Waals surface area contributed by atoms with Gasteiger partial charge in [0, 0.05) is 6.42 Å². The van der Waals surface area contributed by atoms with E-state index in [9.17, 15) is 4.79 Å². The first-order valence-electron chi connectivity index (χ1n) is 10.5. The number of carbonyl (C=O) groups is 1. The van der Waals surface area contributed by atoms with E-state index in [2.05, 4.69) is 31.2 Å². The first-order valence-corrected chi connectivity index (χ1v) is 10.5. The van der Waals surface area contributed by atoms with Crippen LogP contribution in [-0.4, -0.2) is 12.6 Å². The van der Waals surface area contributed by atoms with Crippen molar-refractivity contribution >= 4 is 5.97 Å². The van der Waals surface area contributed by atoms with E-state index in [1.54, 1.807) is 0 Å². The number of ether oxygens (including phenoxy) is 1. The molecule has 0 aliphatic rings. The van der Waals surface area contributed by atoms with Crippen LogP contribution in [0.4, 0.5) is 0 Å². The van der Waals surface area contributed by atoms with Crippen LogP contribution < -0.4 is 0 Å². The minimum absolute atomic E-state index is 0.0241. The van der Waals surface area contributed by atoms with E-state index in [4.69, 9.17) is 4.74 Å². The number of hydrogen-bond acceptors (Lipinski definition) is 2. The van der Waals surface area contributed by atoms with Crippen molar-refractivity contribution in [1.29, 1.82) is 0 Å². The lowest BCUT2D eigenvalue weighted by molar-refractivity contribution is -0.143. The van der Waals surface area contributed by atoms with Crippen molar-refractivity contribution in [3.8, 4) is 0 Å². The monoisotopic (exact) mass is 346 g/mol. The van der Waals surface area contributed by atoms with Crippen LogP contribution >= 0.6 is 0 Å². The Kier molecular flexibility index (Phi) is 14.1. The molecule has 0 bridgehead atoms. The molecule has 0 unspecified atom stereocenters. The lowest BCUT2D eigenvalue weighted by Crippen LogP contribution is -2.05. The number of rotatable bonds is 16. The molecule has 1 aromatic rings. The summed E-state index contributed by atoms with van der Waals surface area (Å²) in [6.07, 6.45) is 16.7. The molecule has 2 heteroatoms. The number of carbonyl (C=O) groups excluding carboxylic acids is 1. The van der Waals surface area contributed by atoms with Crippen LogP contribution in [0.15, 0.2) is 30.3 Å². The second-order valence-electron chi connectivity index (χ2n) is 7.10. The number of hydrogen-bond donors (Lipinski definition) is 0. The van der Waals surface area contributed by atoms with Crippen LogP contribution in [0.25, 0.3) is 0 Å². The van der Waals surface area contributed by atoms with E-state index in [0.717, 1.165) is 25.7 Å². The summed E-state index contributed by atoms with van der Waals surface area (Å²) < 4.78 is 5.33. The van der Waals surface area contributed by atoms with E-state index in [1.807, 2.05) is 6.07 Å². The Hall–Kier alpha value is -1.31. The lowest BCUT2D eigenvalue weighted by Gasteiger charge is -2.05. The smallest absolute Gasteiger partial charge is 0.305 e. The Morgan fingerprint density at radius 3 is 2.00 bits per heavy atom. The van der Waals surface area contributed by atoms with Crippen molar-refractivity contribution in [3.05, 3.63) is 35.9 Å². The maximum absolute atomic E-state index is 11.7. The highest BCUT2D eigenvalue weighted by atomic mass is 16.5. The average molecular weight is 347 g/mol. The summed E-state index contributed by atoms with van der Waals surface area (Å²) in [6.45, 7) is 2.87. The van der Waals surface area contributed by atoms with Crippen LogP contribution in [-0.2, 0) is 16.0 Å². The summed E-state index contributed by atoms with van der Waals surface area (Å²) in [4.78, 5) is 11.7. The molecule has 0 aliphatic carbocycles. The third kappa shape index (κ3) is 13.6. The van der Waals surface area contributed by atoms with Gasteiger partial charge in [0.2, 0.25) is 0 Å². The Morgan fingerprint density at radius 1 is 0.760 bits per heavy atom. The first kappa shape index (κ1) is 21.7. The fourth-order valence-corrected chi connectivity index (χ4v) is 3.09. The molecule has 1 rings (SSSR count). The average Bonchev–Trinajstić information content (AvgIpc) is 2.64. The summed E-state index contributed by atoms with van der Waals surface area (Å²) in [6, 6.07) is 10.5. The standard InChI is InChI=1S/C23H38O2/c1-2-3-4-5-6-7-8-9-10-16-21-25-23(24)20-15-14-19-22-17-12-11-13-18-22/h11-13,17-18H,2-10,14-16,19-21H2,1H3. The van der Waals surface area contributed by atoms with Gasteiger partial charge in [-0.1, -0.05) is 95.0 Å². The zero-order valence-electron chi connectivity index (χ0n) is 16.3. The van der Waals surface area contributed by atoms with Crippen molar-refractivity contribution in [2.45, 2.75) is 96.8 Å². The molecule has 0 amide bonds. The molecule has 0 heterocycles. The van der Waals surface area contributed by atoms with Crippen molar-refractivity contribution in [1.82, 2.24) is 0 Å². The molecule has 25 heavy (non-hydrogen) atoms. The molecule has 0 N–H and O–H groups in total. The van der Waals surface area contributed by atoms with Gasteiger partial charge in [0.1, 0.15) is 0 Å². The summed E-state index contributed by atoms with van der Waals surface area (Å²) in [5, 5.41) is 0. The molecule has 142 valence electrons. The lowest BCUT2D eigenvalue weighted by atomic mass is 10.1. The van der Waals surface area contributed by atoms with Crippen LogP contribution in [0.3, 0.4) is 0 Å². The largest absolute Gasteiger partial charge is 0.466 e. The number of aryl methyl sites for hydroxylation is 1. The molecular formula is C23H38O2. The van der Waals surface area contributed by atoms with Gasteiger partial charge in [-0.25, -0.2) is 0 Å². The van der Waals surface area contributed by atoms with Gasteiger partial charge in [-0.3, -0.25) is 4.79 Å². The Bertz CT molecular complexity index is 413. The highest BCUT2D eigenvalue weighted by molar-refractivity contribution is 5.69. The molecule has 0 spiro atoms. The Morgan fingerprint density at radius 2 is 1.36 bits per heavy atom. The summed E-state index contributed by atoms with van der Waals surface area (Å²) in [7, 11) is 0. The van der Waals surface area contributed by atoms with Crippen LogP contribution in [0.5, 0.6) is 0 Å². The zero-order chi connectivity index (χ0) is 18.0. The number of esters is 1. The van der Waals surface area contributed by atoms with Gasteiger partial charge in [-0.05, 0) is 31.2 Å².